The van der Waals surface area contributed by atoms with Gasteiger partial charge < -0.3 is 10.1 Å². The molecule has 0 radical (unpaired) electrons. The standard InChI is InChI=1S/C15H19N3OS2/c1-10-5-3-7-13(11(10)2)16-14-17-18-15(21-14)20-9-12-6-4-8-19-12/h3,5,7,12H,4,6,8-9H2,1-2H3,(H,16,17). The van der Waals surface area contributed by atoms with Gasteiger partial charge in [0.2, 0.25) is 5.13 Å². The lowest BCUT2D eigenvalue weighted by Gasteiger charge is -2.08. The van der Waals surface area contributed by atoms with Crippen LogP contribution in [0.4, 0.5) is 10.8 Å². The van der Waals surface area contributed by atoms with Gasteiger partial charge in [-0.05, 0) is 43.9 Å². The van der Waals surface area contributed by atoms with E-state index in [0.29, 0.717) is 6.10 Å². The van der Waals surface area contributed by atoms with E-state index in [-0.39, 0.29) is 0 Å². The molecule has 1 fully saturated rings. The van der Waals surface area contributed by atoms with E-state index in [1.807, 2.05) is 0 Å². The minimum absolute atomic E-state index is 0.384. The lowest BCUT2D eigenvalue weighted by molar-refractivity contribution is 0.129. The molecule has 4 nitrogen and oxygen atoms in total. The van der Waals surface area contributed by atoms with E-state index < -0.39 is 0 Å². The first kappa shape index (κ1) is 14.8. The highest BCUT2D eigenvalue weighted by molar-refractivity contribution is 8.01. The maximum absolute atomic E-state index is 5.63. The fraction of sp³-hybridized carbons (Fsp3) is 0.467. The minimum atomic E-state index is 0.384. The van der Waals surface area contributed by atoms with Gasteiger partial charge in [-0.1, -0.05) is 35.2 Å². The van der Waals surface area contributed by atoms with Crippen molar-refractivity contribution in [2.75, 3.05) is 17.7 Å². The zero-order chi connectivity index (χ0) is 14.7. The van der Waals surface area contributed by atoms with E-state index in [1.165, 1.54) is 24.0 Å². The van der Waals surface area contributed by atoms with Gasteiger partial charge in [-0.2, -0.15) is 0 Å². The van der Waals surface area contributed by atoms with Crippen molar-refractivity contribution in [3.05, 3.63) is 29.3 Å². The summed E-state index contributed by atoms with van der Waals surface area (Å²) in [5, 5.41) is 12.7. The smallest absolute Gasteiger partial charge is 0.210 e. The van der Waals surface area contributed by atoms with E-state index in [9.17, 15) is 0 Å². The van der Waals surface area contributed by atoms with Gasteiger partial charge in [-0.3, -0.25) is 0 Å². The molecular formula is C15H19N3OS2. The Morgan fingerprint density at radius 2 is 2.29 bits per heavy atom. The number of rotatable bonds is 5. The van der Waals surface area contributed by atoms with Gasteiger partial charge in [-0.15, -0.1) is 10.2 Å². The molecule has 2 heterocycles. The largest absolute Gasteiger partial charge is 0.377 e. The van der Waals surface area contributed by atoms with E-state index in [4.69, 9.17) is 4.74 Å². The van der Waals surface area contributed by atoms with Gasteiger partial charge in [-0.25, -0.2) is 0 Å². The summed E-state index contributed by atoms with van der Waals surface area (Å²) in [5.74, 6) is 0.970. The van der Waals surface area contributed by atoms with Gasteiger partial charge in [0.25, 0.3) is 0 Å². The Hall–Kier alpha value is -1.11. The summed E-state index contributed by atoms with van der Waals surface area (Å²) < 4.78 is 6.62. The molecule has 1 saturated heterocycles. The number of hydrogen-bond acceptors (Lipinski definition) is 6. The summed E-state index contributed by atoms with van der Waals surface area (Å²) in [6.07, 6.45) is 2.73. The molecule has 0 amide bonds. The van der Waals surface area contributed by atoms with Crippen LogP contribution in [0.1, 0.15) is 24.0 Å². The average molecular weight is 321 g/mol. The molecule has 1 N–H and O–H groups in total. The van der Waals surface area contributed by atoms with Crippen molar-refractivity contribution in [1.82, 2.24) is 10.2 Å². The number of hydrogen-bond donors (Lipinski definition) is 1. The van der Waals surface area contributed by atoms with Crippen molar-refractivity contribution in [2.45, 2.75) is 37.1 Å². The second kappa shape index (κ2) is 6.77. The first-order chi connectivity index (χ1) is 10.2. The predicted octanol–water partition coefficient (Wildman–Crippen LogP) is 4.17. The molecule has 1 aromatic carbocycles. The Kier molecular flexibility index (Phi) is 4.77. The van der Waals surface area contributed by atoms with E-state index >= 15 is 0 Å². The monoisotopic (exact) mass is 321 g/mol. The summed E-state index contributed by atoms with van der Waals surface area (Å²) in [4.78, 5) is 0. The van der Waals surface area contributed by atoms with Crippen molar-refractivity contribution in [1.29, 1.82) is 0 Å². The van der Waals surface area contributed by atoms with Crippen molar-refractivity contribution in [2.24, 2.45) is 0 Å². The Morgan fingerprint density at radius 3 is 3.10 bits per heavy atom. The van der Waals surface area contributed by atoms with Gasteiger partial charge in [0.1, 0.15) is 0 Å². The highest BCUT2D eigenvalue weighted by Gasteiger charge is 2.17. The number of nitrogens with one attached hydrogen (secondary N) is 1. The van der Waals surface area contributed by atoms with Crippen LogP contribution in [-0.4, -0.2) is 28.7 Å². The van der Waals surface area contributed by atoms with Gasteiger partial charge in [0.15, 0.2) is 4.34 Å². The van der Waals surface area contributed by atoms with E-state index in [1.54, 1.807) is 23.1 Å². The number of aromatic nitrogens is 2. The second-order valence-corrected chi connectivity index (χ2v) is 7.44. The summed E-state index contributed by atoms with van der Waals surface area (Å²) in [5.41, 5.74) is 3.63. The lowest BCUT2D eigenvalue weighted by Crippen LogP contribution is -2.07. The zero-order valence-corrected chi connectivity index (χ0v) is 13.9. The molecule has 2 aromatic rings. The molecule has 0 aliphatic carbocycles. The minimum Gasteiger partial charge on any atom is -0.377 e. The molecule has 0 bridgehead atoms. The maximum Gasteiger partial charge on any atom is 0.210 e. The molecule has 1 unspecified atom stereocenters. The van der Waals surface area contributed by atoms with Crippen LogP contribution in [-0.2, 0) is 4.74 Å². The van der Waals surface area contributed by atoms with Crippen LogP contribution >= 0.6 is 23.1 Å². The number of ether oxygens (including phenoxy) is 1. The first-order valence-corrected chi connectivity index (χ1v) is 8.94. The molecule has 0 spiro atoms. The summed E-state index contributed by atoms with van der Waals surface area (Å²) in [7, 11) is 0. The van der Waals surface area contributed by atoms with Crippen molar-refractivity contribution in [3.63, 3.8) is 0 Å². The molecule has 112 valence electrons. The Bertz CT molecular complexity index is 609. The molecular weight excluding hydrogens is 302 g/mol. The van der Waals surface area contributed by atoms with Crippen LogP contribution in [0.3, 0.4) is 0 Å². The van der Waals surface area contributed by atoms with E-state index in [2.05, 4.69) is 47.6 Å². The number of anilines is 2. The maximum atomic E-state index is 5.63. The topological polar surface area (TPSA) is 47.0 Å². The highest BCUT2D eigenvalue weighted by Crippen LogP contribution is 2.31. The fourth-order valence-corrected chi connectivity index (χ4v) is 4.12. The van der Waals surface area contributed by atoms with Crippen LogP contribution < -0.4 is 5.32 Å². The molecule has 1 aliphatic heterocycles. The highest BCUT2D eigenvalue weighted by atomic mass is 32.2. The predicted molar refractivity (Wildman–Crippen MR) is 88.8 cm³/mol. The summed E-state index contributed by atoms with van der Waals surface area (Å²) >= 11 is 3.34. The van der Waals surface area contributed by atoms with Crippen molar-refractivity contribution >= 4 is 33.9 Å². The third-order valence-corrected chi connectivity index (χ3v) is 5.77. The van der Waals surface area contributed by atoms with Gasteiger partial charge in [0.05, 0.1) is 6.10 Å². The van der Waals surface area contributed by atoms with Crippen LogP contribution in [0.5, 0.6) is 0 Å². The van der Waals surface area contributed by atoms with E-state index in [0.717, 1.165) is 27.5 Å². The Labute approximate surface area is 133 Å². The molecule has 0 saturated carbocycles. The third-order valence-electron chi connectivity index (χ3n) is 3.67. The van der Waals surface area contributed by atoms with Gasteiger partial charge >= 0.3 is 0 Å². The lowest BCUT2D eigenvalue weighted by atomic mass is 10.1. The third kappa shape index (κ3) is 3.75. The quantitative estimate of drug-likeness (QED) is 0.838. The van der Waals surface area contributed by atoms with Crippen molar-refractivity contribution < 1.29 is 4.74 Å². The Morgan fingerprint density at radius 1 is 1.38 bits per heavy atom. The molecule has 1 atom stereocenters. The molecule has 21 heavy (non-hydrogen) atoms. The molecule has 6 heteroatoms. The first-order valence-electron chi connectivity index (χ1n) is 7.13. The molecule has 1 aromatic heterocycles. The Balaban J connectivity index is 1.60. The number of aryl methyl sites for hydroxylation is 1. The number of thioether (sulfide) groups is 1. The zero-order valence-electron chi connectivity index (χ0n) is 12.3. The normalized spacial score (nSPS) is 18.1. The number of nitrogens with zero attached hydrogens (tertiary/aromatic N) is 2. The van der Waals surface area contributed by atoms with Crippen LogP contribution in [0.25, 0.3) is 0 Å². The van der Waals surface area contributed by atoms with Gasteiger partial charge in [0, 0.05) is 18.0 Å². The molecule has 3 rings (SSSR count). The number of benzene rings is 1. The SMILES string of the molecule is Cc1cccc(Nc2nnc(SCC3CCCO3)s2)c1C. The summed E-state index contributed by atoms with van der Waals surface area (Å²) in [6, 6.07) is 6.24. The van der Waals surface area contributed by atoms with Crippen LogP contribution in [0, 0.1) is 13.8 Å². The van der Waals surface area contributed by atoms with Crippen LogP contribution in [0.2, 0.25) is 0 Å². The average Bonchev–Trinajstić information content (AvgIpc) is 3.13. The summed E-state index contributed by atoms with van der Waals surface area (Å²) in [6.45, 7) is 5.13. The van der Waals surface area contributed by atoms with Crippen LogP contribution in [0.15, 0.2) is 22.5 Å². The second-order valence-electron chi connectivity index (χ2n) is 5.19. The van der Waals surface area contributed by atoms with Crippen molar-refractivity contribution in [3.8, 4) is 0 Å². The molecule has 1 aliphatic rings. The fourth-order valence-electron chi connectivity index (χ4n) is 2.26.